The largest absolute Gasteiger partial charge is 0.383 e. The maximum atomic E-state index is 13.4. The number of nitrogens with one attached hydrogen (secondary N) is 1. The minimum absolute atomic E-state index is 0.218. The van der Waals surface area contributed by atoms with Crippen LogP contribution in [0.2, 0.25) is 0 Å². The first-order chi connectivity index (χ1) is 16.9. The van der Waals surface area contributed by atoms with Crippen LogP contribution >= 0.6 is 0 Å². The molecule has 0 spiro atoms. The molecule has 182 valence electrons. The molecule has 9 nitrogen and oxygen atoms in total. The highest BCUT2D eigenvalue weighted by Crippen LogP contribution is 2.18. The number of carbonyl (C=O) groups is 1. The maximum absolute atomic E-state index is 13.4. The van der Waals surface area contributed by atoms with Gasteiger partial charge in [0.05, 0.1) is 19.5 Å². The Balaban J connectivity index is 1.74. The summed E-state index contributed by atoms with van der Waals surface area (Å²) in [6, 6.07) is 17.0. The summed E-state index contributed by atoms with van der Waals surface area (Å²) in [6.45, 7) is 4.70. The van der Waals surface area contributed by atoms with Crippen LogP contribution in [-0.2, 0) is 29.2 Å². The Morgan fingerprint density at radius 3 is 2.54 bits per heavy atom. The highest BCUT2D eigenvalue weighted by atomic mass is 16.5. The number of fused-ring (bicyclic) bond motifs is 1. The third-order valence-electron chi connectivity index (χ3n) is 5.84. The predicted molar refractivity (Wildman–Crippen MR) is 135 cm³/mol. The fraction of sp³-hybridized carbons (Fsp3) is 0.308. The van der Waals surface area contributed by atoms with Crippen molar-refractivity contribution >= 4 is 22.8 Å². The first-order valence-electron chi connectivity index (χ1n) is 11.5. The van der Waals surface area contributed by atoms with E-state index in [1.165, 1.54) is 10.9 Å². The zero-order valence-electron chi connectivity index (χ0n) is 20.1. The number of rotatable bonds is 9. The summed E-state index contributed by atoms with van der Waals surface area (Å²) in [7, 11) is 1.57. The quantitative estimate of drug-likeness (QED) is 0.401. The Morgan fingerprint density at radius 2 is 1.83 bits per heavy atom. The van der Waals surface area contributed by atoms with Crippen LogP contribution in [0.15, 0.2) is 70.5 Å². The summed E-state index contributed by atoms with van der Waals surface area (Å²) in [5, 5.41) is 2.81. The van der Waals surface area contributed by atoms with Gasteiger partial charge in [0.15, 0.2) is 11.2 Å². The zero-order chi connectivity index (χ0) is 24.9. The number of imidazole rings is 1. The van der Waals surface area contributed by atoms with Crippen molar-refractivity contribution in [2.24, 2.45) is 0 Å². The lowest BCUT2D eigenvalue weighted by Gasteiger charge is -2.13. The van der Waals surface area contributed by atoms with Crippen molar-refractivity contribution in [2.75, 3.05) is 19.0 Å². The van der Waals surface area contributed by atoms with Crippen LogP contribution in [0.1, 0.15) is 30.9 Å². The van der Waals surface area contributed by atoms with Crippen molar-refractivity contribution in [3.8, 4) is 0 Å². The minimum Gasteiger partial charge on any atom is -0.383 e. The molecule has 0 aliphatic rings. The van der Waals surface area contributed by atoms with Gasteiger partial charge >= 0.3 is 5.69 Å². The third kappa shape index (κ3) is 5.25. The molecule has 2 aromatic heterocycles. The van der Waals surface area contributed by atoms with Crippen molar-refractivity contribution in [3.05, 3.63) is 92.9 Å². The van der Waals surface area contributed by atoms with Crippen molar-refractivity contribution in [1.29, 1.82) is 0 Å². The van der Waals surface area contributed by atoms with Gasteiger partial charge in [0.25, 0.3) is 5.56 Å². The van der Waals surface area contributed by atoms with Gasteiger partial charge in [-0.2, -0.15) is 0 Å². The lowest BCUT2D eigenvalue weighted by atomic mass is 10.0. The molecule has 2 heterocycles. The second-order valence-electron chi connectivity index (χ2n) is 8.68. The number of ether oxygens (including phenoxy) is 1. The maximum Gasteiger partial charge on any atom is 0.333 e. The molecule has 0 saturated carbocycles. The second kappa shape index (κ2) is 10.5. The van der Waals surface area contributed by atoms with E-state index in [9.17, 15) is 14.4 Å². The summed E-state index contributed by atoms with van der Waals surface area (Å²) < 4.78 is 9.21. The van der Waals surface area contributed by atoms with Crippen molar-refractivity contribution in [1.82, 2.24) is 18.7 Å². The van der Waals surface area contributed by atoms with E-state index in [1.54, 1.807) is 17.7 Å². The molecule has 0 unspecified atom stereocenters. The van der Waals surface area contributed by atoms with Crippen LogP contribution in [0.5, 0.6) is 0 Å². The third-order valence-corrected chi connectivity index (χ3v) is 5.84. The van der Waals surface area contributed by atoms with Crippen molar-refractivity contribution < 1.29 is 9.53 Å². The summed E-state index contributed by atoms with van der Waals surface area (Å²) in [5.74, 6) is -0.159. The summed E-state index contributed by atoms with van der Waals surface area (Å²) in [6.07, 6.45) is 1.52. The molecule has 2 aromatic carbocycles. The average molecular weight is 476 g/mol. The molecular weight excluding hydrogens is 446 g/mol. The summed E-state index contributed by atoms with van der Waals surface area (Å²) >= 11 is 0. The van der Waals surface area contributed by atoms with E-state index < -0.39 is 23.7 Å². The van der Waals surface area contributed by atoms with Crippen molar-refractivity contribution in [2.45, 2.75) is 39.4 Å². The summed E-state index contributed by atoms with van der Waals surface area (Å²) in [5.41, 5.74) is 1.96. The molecule has 0 aliphatic heterocycles. The number of hydrogen-bond donors (Lipinski definition) is 1. The van der Waals surface area contributed by atoms with Crippen molar-refractivity contribution in [3.63, 3.8) is 0 Å². The van der Waals surface area contributed by atoms with Crippen LogP contribution in [0.4, 0.5) is 5.69 Å². The highest BCUT2D eigenvalue weighted by Gasteiger charge is 2.20. The number of hydrogen-bond acceptors (Lipinski definition) is 5. The molecule has 0 atom stereocenters. The van der Waals surface area contributed by atoms with Gasteiger partial charge in [-0.15, -0.1) is 0 Å². The Labute approximate surface area is 202 Å². The van der Waals surface area contributed by atoms with Crippen LogP contribution in [0, 0.1) is 0 Å². The molecule has 0 radical (unpaired) electrons. The van der Waals surface area contributed by atoms with Gasteiger partial charge in [0.1, 0.15) is 6.54 Å². The molecule has 35 heavy (non-hydrogen) atoms. The zero-order valence-corrected chi connectivity index (χ0v) is 20.1. The summed E-state index contributed by atoms with van der Waals surface area (Å²) in [4.78, 5) is 44.1. The van der Waals surface area contributed by atoms with E-state index in [0.29, 0.717) is 24.8 Å². The lowest BCUT2D eigenvalue weighted by molar-refractivity contribution is -0.116. The SMILES string of the molecule is COCCn1cnc2c1c(=O)n(CC(=O)Nc1cccc(C(C)C)c1)c(=O)n2Cc1ccccc1. The van der Waals surface area contributed by atoms with Gasteiger partial charge in [-0.3, -0.25) is 14.2 Å². The Kier molecular flexibility index (Phi) is 7.26. The van der Waals surface area contributed by atoms with E-state index in [-0.39, 0.29) is 17.7 Å². The first kappa shape index (κ1) is 24.2. The number of nitrogens with zero attached hydrogens (tertiary/aromatic N) is 4. The molecule has 1 amide bonds. The molecule has 9 heteroatoms. The molecule has 0 bridgehead atoms. The number of anilines is 1. The van der Waals surface area contributed by atoms with Gasteiger partial charge in [-0.25, -0.2) is 14.3 Å². The fourth-order valence-electron chi connectivity index (χ4n) is 3.97. The van der Waals surface area contributed by atoms with E-state index in [2.05, 4.69) is 24.1 Å². The fourth-order valence-corrected chi connectivity index (χ4v) is 3.97. The number of methoxy groups -OCH3 is 1. The van der Waals surface area contributed by atoms with Crippen LogP contribution in [0.3, 0.4) is 0 Å². The van der Waals surface area contributed by atoms with E-state index >= 15 is 0 Å². The van der Waals surface area contributed by atoms with Crippen LogP contribution in [0.25, 0.3) is 11.2 Å². The molecule has 0 fully saturated rings. The van der Waals surface area contributed by atoms with Gasteiger partial charge < -0.3 is 14.6 Å². The van der Waals surface area contributed by atoms with Gasteiger partial charge in [-0.05, 0) is 29.2 Å². The van der Waals surface area contributed by atoms with Crippen LogP contribution < -0.4 is 16.6 Å². The van der Waals surface area contributed by atoms with E-state index in [1.807, 2.05) is 48.5 Å². The Hall–Kier alpha value is -3.98. The smallest absolute Gasteiger partial charge is 0.333 e. The normalized spacial score (nSPS) is 11.3. The molecule has 0 aliphatic carbocycles. The standard InChI is InChI=1S/C26H29N5O4/c1-18(2)20-10-7-11-21(14-20)28-22(32)16-31-25(33)23-24(27-17-29(23)12-13-35-3)30(26(31)34)15-19-8-5-4-6-9-19/h4-11,14,17-18H,12-13,15-16H2,1-3H3,(H,28,32). The number of amides is 1. The molecule has 0 saturated heterocycles. The molecule has 4 aromatic rings. The predicted octanol–water partition coefficient (Wildman–Crippen LogP) is 2.82. The number of benzene rings is 2. The monoisotopic (exact) mass is 475 g/mol. The molecule has 1 N–H and O–H groups in total. The minimum atomic E-state index is -0.588. The Bertz CT molecular complexity index is 1450. The lowest BCUT2D eigenvalue weighted by Crippen LogP contribution is -2.43. The van der Waals surface area contributed by atoms with Gasteiger partial charge in [0, 0.05) is 19.3 Å². The first-order valence-corrected chi connectivity index (χ1v) is 11.5. The van der Waals surface area contributed by atoms with E-state index in [0.717, 1.165) is 15.7 Å². The molecule has 4 rings (SSSR count). The van der Waals surface area contributed by atoms with E-state index in [4.69, 9.17) is 4.74 Å². The Morgan fingerprint density at radius 1 is 1.06 bits per heavy atom. The number of carbonyl (C=O) groups excluding carboxylic acids is 1. The van der Waals surface area contributed by atoms with Gasteiger partial charge in [0.2, 0.25) is 5.91 Å². The van der Waals surface area contributed by atoms with Gasteiger partial charge in [-0.1, -0.05) is 56.3 Å². The number of aromatic nitrogens is 4. The topological polar surface area (TPSA) is 100 Å². The van der Waals surface area contributed by atoms with Crippen LogP contribution in [-0.4, -0.2) is 38.3 Å². The highest BCUT2D eigenvalue weighted by molar-refractivity contribution is 5.90. The average Bonchev–Trinajstić information content (AvgIpc) is 3.28. The molecular formula is C26H29N5O4. The second-order valence-corrected chi connectivity index (χ2v) is 8.68.